The Morgan fingerprint density at radius 1 is 1.43 bits per heavy atom. The second kappa shape index (κ2) is 5.60. The highest BCUT2D eigenvalue weighted by Gasteiger charge is 2.24. The molecule has 0 unspecified atom stereocenters. The summed E-state index contributed by atoms with van der Waals surface area (Å²) in [5, 5.41) is 13.6. The van der Waals surface area contributed by atoms with E-state index in [0.717, 1.165) is 23.1 Å². The van der Waals surface area contributed by atoms with Gasteiger partial charge in [-0.25, -0.2) is 14.8 Å². The zero-order valence-electron chi connectivity index (χ0n) is 12.2. The lowest BCUT2D eigenvalue weighted by Gasteiger charge is -2.17. The summed E-state index contributed by atoms with van der Waals surface area (Å²) in [6.45, 7) is 4.05. The van der Waals surface area contributed by atoms with Crippen LogP contribution >= 0.6 is 11.3 Å². The van der Waals surface area contributed by atoms with Gasteiger partial charge in [-0.1, -0.05) is 13.8 Å². The molecule has 0 radical (unpaired) electrons. The number of carboxylic acids is 1. The number of carbonyl (C=O) groups is 1. The predicted octanol–water partition coefficient (Wildman–Crippen LogP) is 3.09. The van der Waals surface area contributed by atoms with Crippen LogP contribution in [0.15, 0.2) is 6.33 Å². The fourth-order valence-corrected chi connectivity index (χ4v) is 4.12. The normalized spacial score (nSPS) is 15.4. The fourth-order valence-electron chi connectivity index (χ4n) is 2.90. The Kier molecular flexibility index (Phi) is 3.80. The van der Waals surface area contributed by atoms with E-state index in [1.165, 1.54) is 23.2 Å². The van der Waals surface area contributed by atoms with Crippen molar-refractivity contribution in [3.05, 3.63) is 16.8 Å². The lowest BCUT2D eigenvalue weighted by molar-refractivity contribution is -0.138. The van der Waals surface area contributed by atoms with Gasteiger partial charge in [0.1, 0.15) is 23.0 Å². The van der Waals surface area contributed by atoms with E-state index in [-0.39, 0.29) is 0 Å². The highest BCUT2D eigenvalue weighted by atomic mass is 32.1. The summed E-state index contributed by atoms with van der Waals surface area (Å²) in [6.07, 6.45) is 5.40. The molecule has 5 nitrogen and oxygen atoms in total. The van der Waals surface area contributed by atoms with Crippen molar-refractivity contribution in [1.29, 1.82) is 0 Å². The molecule has 0 saturated heterocycles. The zero-order chi connectivity index (χ0) is 15.0. The lowest BCUT2D eigenvalue weighted by Crippen LogP contribution is -2.31. The number of hydrogen-bond donors (Lipinski definition) is 2. The Morgan fingerprint density at radius 3 is 2.95 bits per heavy atom. The van der Waals surface area contributed by atoms with E-state index in [4.69, 9.17) is 0 Å². The van der Waals surface area contributed by atoms with Gasteiger partial charge in [0.05, 0.1) is 5.39 Å². The van der Waals surface area contributed by atoms with Crippen LogP contribution in [-0.2, 0) is 17.6 Å². The number of fused-ring (bicyclic) bond motifs is 3. The van der Waals surface area contributed by atoms with Gasteiger partial charge >= 0.3 is 5.97 Å². The molecule has 1 aliphatic rings. The van der Waals surface area contributed by atoms with E-state index >= 15 is 0 Å². The molecular weight excluding hydrogens is 286 g/mol. The first-order chi connectivity index (χ1) is 10.1. The molecule has 2 aromatic rings. The molecule has 2 N–H and O–H groups in total. The van der Waals surface area contributed by atoms with Crippen LogP contribution in [0.1, 0.15) is 37.1 Å². The second-order valence-corrected chi connectivity index (χ2v) is 7.01. The summed E-state index contributed by atoms with van der Waals surface area (Å²) in [4.78, 5) is 22.4. The smallest absolute Gasteiger partial charge is 0.326 e. The molecule has 0 aromatic carbocycles. The molecule has 0 bridgehead atoms. The minimum atomic E-state index is -0.831. The average Bonchev–Trinajstić information content (AvgIpc) is 2.97. The van der Waals surface area contributed by atoms with E-state index < -0.39 is 12.0 Å². The molecule has 6 heteroatoms. The first-order valence-corrected chi connectivity index (χ1v) is 8.12. The summed E-state index contributed by atoms with van der Waals surface area (Å²) in [7, 11) is 0. The van der Waals surface area contributed by atoms with Crippen molar-refractivity contribution in [2.45, 2.75) is 45.6 Å². The zero-order valence-corrected chi connectivity index (χ0v) is 13.0. The number of rotatable bonds is 5. The molecule has 1 aliphatic carbocycles. The van der Waals surface area contributed by atoms with Crippen molar-refractivity contribution in [2.24, 2.45) is 5.92 Å². The van der Waals surface area contributed by atoms with Crippen molar-refractivity contribution in [1.82, 2.24) is 9.97 Å². The number of aryl methyl sites for hydroxylation is 2. The van der Waals surface area contributed by atoms with Crippen molar-refractivity contribution in [3.63, 3.8) is 0 Å². The fraction of sp³-hybridized carbons (Fsp3) is 0.533. The monoisotopic (exact) mass is 305 g/mol. The minimum Gasteiger partial charge on any atom is -0.480 e. The molecule has 2 aromatic heterocycles. The van der Waals surface area contributed by atoms with Gasteiger partial charge in [0.15, 0.2) is 0 Å². The predicted molar refractivity (Wildman–Crippen MR) is 83.9 cm³/mol. The summed E-state index contributed by atoms with van der Waals surface area (Å²) in [5.41, 5.74) is 1.31. The van der Waals surface area contributed by atoms with Crippen LogP contribution in [0.3, 0.4) is 0 Å². The maximum absolute atomic E-state index is 11.4. The summed E-state index contributed by atoms with van der Waals surface area (Å²) in [6, 6.07) is -0.611. The second-order valence-electron chi connectivity index (χ2n) is 5.92. The number of aromatic nitrogens is 2. The van der Waals surface area contributed by atoms with Gasteiger partial charge in [-0.05, 0) is 37.2 Å². The third kappa shape index (κ3) is 2.72. The molecule has 0 fully saturated rings. The van der Waals surface area contributed by atoms with Crippen LogP contribution in [0.4, 0.5) is 5.82 Å². The maximum atomic E-state index is 11.4. The summed E-state index contributed by atoms with van der Waals surface area (Å²) >= 11 is 1.71. The number of nitrogens with one attached hydrogen (secondary N) is 1. The molecule has 0 spiro atoms. The number of carboxylic acid groups (broad SMARTS) is 1. The van der Waals surface area contributed by atoms with E-state index in [2.05, 4.69) is 15.3 Å². The third-order valence-corrected chi connectivity index (χ3v) is 5.02. The lowest BCUT2D eigenvalue weighted by atomic mass is 10.0. The Labute approximate surface area is 127 Å². The van der Waals surface area contributed by atoms with Crippen molar-refractivity contribution in [2.75, 3.05) is 5.32 Å². The van der Waals surface area contributed by atoms with E-state index in [0.29, 0.717) is 18.2 Å². The number of nitrogens with zero attached hydrogens (tertiary/aromatic N) is 2. The van der Waals surface area contributed by atoms with Gasteiger partial charge in [0.25, 0.3) is 0 Å². The van der Waals surface area contributed by atoms with Gasteiger partial charge in [-0.15, -0.1) is 11.3 Å². The molecule has 2 heterocycles. The highest BCUT2D eigenvalue weighted by molar-refractivity contribution is 7.19. The Bertz CT molecular complexity index is 681. The topological polar surface area (TPSA) is 75.1 Å². The maximum Gasteiger partial charge on any atom is 0.326 e. The molecule has 0 aliphatic heterocycles. The van der Waals surface area contributed by atoms with Gasteiger partial charge < -0.3 is 10.4 Å². The SMILES string of the molecule is CC(C)C[C@H](Nc1ncnc2sc3c(c12)CCC3)C(=O)O. The van der Waals surface area contributed by atoms with Crippen molar-refractivity contribution < 1.29 is 9.90 Å². The minimum absolute atomic E-state index is 0.309. The van der Waals surface area contributed by atoms with Crippen LogP contribution in [0, 0.1) is 5.92 Å². The molecule has 0 saturated carbocycles. The molecular formula is C15H19N3O2S. The Hall–Kier alpha value is -1.69. The summed E-state index contributed by atoms with van der Waals surface area (Å²) in [5.74, 6) is 0.152. The average molecular weight is 305 g/mol. The standard InChI is InChI=1S/C15H19N3O2S/c1-8(2)6-10(15(19)20)18-13-12-9-4-3-5-11(9)21-14(12)17-7-16-13/h7-8,10H,3-6H2,1-2H3,(H,19,20)(H,16,17,18)/t10-/m0/s1. The van der Waals surface area contributed by atoms with Gasteiger partial charge in [-0.2, -0.15) is 0 Å². The highest BCUT2D eigenvalue weighted by Crippen LogP contribution is 2.39. The number of aliphatic carboxylic acids is 1. The van der Waals surface area contributed by atoms with Crippen molar-refractivity contribution in [3.8, 4) is 0 Å². The molecule has 1 atom stereocenters. The number of thiophene rings is 1. The third-order valence-electron chi connectivity index (χ3n) is 3.82. The molecule has 21 heavy (non-hydrogen) atoms. The number of anilines is 1. The van der Waals surface area contributed by atoms with E-state index in [9.17, 15) is 9.90 Å². The first-order valence-electron chi connectivity index (χ1n) is 7.31. The molecule has 0 amide bonds. The largest absolute Gasteiger partial charge is 0.480 e. The quantitative estimate of drug-likeness (QED) is 0.888. The van der Waals surface area contributed by atoms with Gasteiger partial charge in [0, 0.05) is 4.88 Å². The van der Waals surface area contributed by atoms with E-state index in [1.54, 1.807) is 11.3 Å². The van der Waals surface area contributed by atoms with Crippen LogP contribution < -0.4 is 5.32 Å². The van der Waals surface area contributed by atoms with Crippen LogP contribution in [0.5, 0.6) is 0 Å². The molecule has 112 valence electrons. The van der Waals surface area contributed by atoms with Gasteiger partial charge in [-0.3, -0.25) is 0 Å². The first kappa shape index (κ1) is 14.3. The number of hydrogen-bond acceptors (Lipinski definition) is 5. The van der Waals surface area contributed by atoms with Crippen LogP contribution in [0.25, 0.3) is 10.2 Å². The summed E-state index contributed by atoms with van der Waals surface area (Å²) < 4.78 is 0. The van der Waals surface area contributed by atoms with Crippen LogP contribution in [0.2, 0.25) is 0 Å². The van der Waals surface area contributed by atoms with E-state index in [1.807, 2.05) is 13.8 Å². The van der Waals surface area contributed by atoms with Crippen LogP contribution in [-0.4, -0.2) is 27.1 Å². The Balaban J connectivity index is 1.98. The van der Waals surface area contributed by atoms with Crippen molar-refractivity contribution >= 4 is 33.3 Å². The van der Waals surface area contributed by atoms with Gasteiger partial charge in [0.2, 0.25) is 0 Å². The molecule has 3 rings (SSSR count). The Morgan fingerprint density at radius 2 is 2.24 bits per heavy atom.